The summed E-state index contributed by atoms with van der Waals surface area (Å²) in [6.07, 6.45) is 0. The Bertz CT molecular complexity index is 1350. The lowest BCUT2D eigenvalue weighted by molar-refractivity contribution is -0.114. The molecule has 2 amide bonds. The molecule has 4 rings (SSSR count). The Labute approximate surface area is 191 Å². The summed E-state index contributed by atoms with van der Waals surface area (Å²) in [5.41, 5.74) is 1.62. The minimum absolute atomic E-state index is 0.139. The van der Waals surface area contributed by atoms with Gasteiger partial charge in [-0.1, -0.05) is 41.1 Å². The van der Waals surface area contributed by atoms with Crippen molar-refractivity contribution in [3.63, 3.8) is 0 Å². The highest BCUT2D eigenvalue weighted by Crippen LogP contribution is 2.35. The van der Waals surface area contributed by atoms with Crippen LogP contribution in [0.5, 0.6) is 0 Å². The molecule has 0 saturated carbocycles. The van der Waals surface area contributed by atoms with E-state index in [4.69, 9.17) is 16.3 Å². The summed E-state index contributed by atoms with van der Waals surface area (Å²) in [6, 6.07) is 13.3. The number of hydrogen-bond acceptors (Lipinski definition) is 5. The maximum atomic E-state index is 13.0. The zero-order chi connectivity index (χ0) is 22.0. The third kappa shape index (κ3) is 4.57. The lowest BCUT2D eigenvalue weighted by Gasteiger charge is -2.06. The van der Waals surface area contributed by atoms with Gasteiger partial charge in [0.1, 0.15) is 4.88 Å². The Morgan fingerprint density at radius 2 is 1.97 bits per heavy atom. The van der Waals surface area contributed by atoms with Crippen LogP contribution in [0.2, 0.25) is 5.02 Å². The highest BCUT2D eigenvalue weighted by Gasteiger charge is 2.17. The van der Waals surface area contributed by atoms with Crippen molar-refractivity contribution < 1.29 is 14.3 Å². The molecule has 2 heterocycles. The number of benzene rings is 2. The van der Waals surface area contributed by atoms with Gasteiger partial charge in [0.25, 0.3) is 5.91 Å². The molecule has 0 aliphatic rings. The molecule has 0 saturated heterocycles. The van der Waals surface area contributed by atoms with E-state index in [1.165, 1.54) is 29.6 Å². The molecule has 0 unspecified atom stereocenters. The molecule has 6 nitrogen and oxygen atoms in total. The summed E-state index contributed by atoms with van der Waals surface area (Å²) in [5, 5.41) is 4.08. The molecule has 31 heavy (non-hydrogen) atoms. The van der Waals surface area contributed by atoms with Crippen molar-refractivity contribution in [3.05, 3.63) is 57.2 Å². The smallest absolute Gasteiger partial charge is 0.291 e. The Morgan fingerprint density at radius 3 is 2.71 bits per heavy atom. The number of anilines is 1. The lowest BCUT2D eigenvalue weighted by atomic mass is 10.2. The number of thiophene rings is 1. The number of ether oxygens (including phenoxy) is 1. The first kappa shape index (κ1) is 21.7. The van der Waals surface area contributed by atoms with Gasteiger partial charge in [0.2, 0.25) is 5.91 Å². The summed E-state index contributed by atoms with van der Waals surface area (Å²) in [4.78, 5) is 29.8. The molecule has 0 bridgehead atoms. The number of rotatable bonds is 6. The molecule has 0 aliphatic heterocycles. The Hall–Kier alpha value is -2.52. The SMILES string of the molecule is CCOCCn1c(=NC(=O)c2sc3ccccc3c2Cl)sc2cc(NC(C)=O)ccc21. The van der Waals surface area contributed by atoms with Gasteiger partial charge in [-0.25, -0.2) is 0 Å². The van der Waals surface area contributed by atoms with Crippen LogP contribution in [0.1, 0.15) is 23.5 Å². The van der Waals surface area contributed by atoms with Crippen LogP contribution in [0.3, 0.4) is 0 Å². The molecule has 9 heteroatoms. The zero-order valence-corrected chi connectivity index (χ0v) is 19.4. The average Bonchev–Trinajstić information content (AvgIpc) is 3.25. The predicted octanol–water partition coefficient (Wildman–Crippen LogP) is 5.31. The van der Waals surface area contributed by atoms with E-state index in [9.17, 15) is 9.59 Å². The highest BCUT2D eigenvalue weighted by atomic mass is 35.5. The van der Waals surface area contributed by atoms with Crippen molar-refractivity contribution in [1.29, 1.82) is 0 Å². The monoisotopic (exact) mass is 473 g/mol. The number of carbonyl (C=O) groups is 2. The molecule has 0 spiro atoms. The normalized spacial score (nSPS) is 12.0. The van der Waals surface area contributed by atoms with Gasteiger partial charge in [-0.15, -0.1) is 11.3 Å². The quantitative estimate of drug-likeness (QED) is 0.386. The van der Waals surface area contributed by atoms with E-state index in [0.29, 0.717) is 40.1 Å². The first-order valence-corrected chi connectivity index (χ1v) is 11.7. The van der Waals surface area contributed by atoms with E-state index in [2.05, 4.69) is 10.3 Å². The number of nitrogens with one attached hydrogen (secondary N) is 1. The standard InChI is InChI=1S/C22H20ClN3O3S2/c1-3-29-11-10-26-16-9-8-14(24-13(2)27)12-18(16)31-22(26)25-21(28)20-19(23)15-6-4-5-7-17(15)30-20/h4-9,12H,3,10-11H2,1-2H3,(H,24,27). The van der Waals surface area contributed by atoms with Crippen molar-refractivity contribution >= 4 is 72.1 Å². The van der Waals surface area contributed by atoms with Crippen molar-refractivity contribution in [2.75, 3.05) is 18.5 Å². The number of aromatic nitrogens is 1. The molecule has 0 aliphatic carbocycles. The van der Waals surface area contributed by atoms with E-state index in [1.54, 1.807) is 0 Å². The van der Waals surface area contributed by atoms with E-state index in [1.807, 2.05) is 54.0 Å². The van der Waals surface area contributed by atoms with Gasteiger partial charge >= 0.3 is 0 Å². The lowest BCUT2D eigenvalue weighted by Crippen LogP contribution is -2.19. The summed E-state index contributed by atoms with van der Waals surface area (Å²) in [6.45, 7) is 5.07. The Balaban J connectivity index is 1.80. The first-order chi connectivity index (χ1) is 15.0. The molecule has 1 N–H and O–H groups in total. The number of hydrogen-bond donors (Lipinski definition) is 1. The maximum Gasteiger partial charge on any atom is 0.291 e. The minimum atomic E-state index is -0.370. The number of thiazole rings is 1. The van der Waals surface area contributed by atoms with Gasteiger partial charge in [0.05, 0.1) is 21.8 Å². The number of halogens is 1. The molecular weight excluding hydrogens is 454 g/mol. The summed E-state index contributed by atoms with van der Waals surface area (Å²) >= 11 is 9.21. The van der Waals surface area contributed by atoms with Crippen molar-refractivity contribution in [2.24, 2.45) is 4.99 Å². The molecule has 0 radical (unpaired) electrons. The second kappa shape index (κ2) is 9.32. The topological polar surface area (TPSA) is 72.7 Å². The molecule has 4 aromatic rings. The number of carbonyl (C=O) groups excluding carboxylic acids is 2. The summed E-state index contributed by atoms with van der Waals surface area (Å²) < 4.78 is 9.35. The third-order valence-electron chi connectivity index (χ3n) is 4.59. The fourth-order valence-electron chi connectivity index (χ4n) is 3.25. The van der Waals surface area contributed by atoms with E-state index in [-0.39, 0.29) is 11.8 Å². The largest absolute Gasteiger partial charge is 0.380 e. The summed E-state index contributed by atoms with van der Waals surface area (Å²) in [5.74, 6) is -0.510. The van der Waals surface area contributed by atoms with E-state index in [0.717, 1.165) is 20.3 Å². The van der Waals surface area contributed by atoms with Crippen LogP contribution in [-0.4, -0.2) is 29.6 Å². The van der Waals surface area contributed by atoms with Gasteiger partial charge in [0.15, 0.2) is 4.80 Å². The molecule has 2 aromatic heterocycles. The average molecular weight is 474 g/mol. The van der Waals surface area contributed by atoms with Crippen molar-refractivity contribution in [3.8, 4) is 0 Å². The van der Waals surface area contributed by atoms with Crippen molar-refractivity contribution in [2.45, 2.75) is 20.4 Å². The van der Waals surface area contributed by atoms with Crippen LogP contribution in [0, 0.1) is 0 Å². The fourth-order valence-corrected chi connectivity index (χ4v) is 5.74. The maximum absolute atomic E-state index is 13.0. The minimum Gasteiger partial charge on any atom is -0.380 e. The first-order valence-electron chi connectivity index (χ1n) is 9.72. The number of amides is 2. The number of nitrogens with zero attached hydrogens (tertiary/aromatic N) is 2. The van der Waals surface area contributed by atoms with Gasteiger partial charge in [-0.05, 0) is 31.2 Å². The van der Waals surface area contributed by atoms with E-state index < -0.39 is 0 Å². The Kier molecular flexibility index (Phi) is 6.52. The van der Waals surface area contributed by atoms with Crippen LogP contribution in [0.25, 0.3) is 20.3 Å². The molecular formula is C22H20ClN3O3S2. The van der Waals surface area contributed by atoms with Gasteiger partial charge in [-0.2, -0.15) is 4.99 Å². The van der Waals surface area contributed by atoms with Gasteiger partial charge in [0, 0.05) is 35.8 Å². The van der Waals surface area contributed by atoms with Crippen LogP contribution in [0.4, 0.5) is 5.69 Å². The van der Waals surface area contributed by atoms with Gasteiger partial charge < -0.3 is 14.6 Å². The van der Waals surface area contributed by atoms with Crippen LogP contribution >= 0.6 is 34.3 Å². The molecule has 2 aromatic carbocycles. The van der Waals surface area contributed by atoms with Crippen LogP contribution < -0.4 is 10.1 Å². The third-order valence-corrected chi connectivity index (χ3v) is 7.30. The van der Waals surface area contributed by atoms with Gasteiger partial charge in [-0.3, -0.25) is 9.59 Å². The summed E-state index contributed by atoms with van der Waals surface area (Å²) in [7, 11) is 0. The van der Waals surface area contributed by atoms with Crippen LogP contribution in [-0.2, 0) is 16.1 Å². The zero-order valence-electron chi connectivity index (χ0n) is 17.0. The predicted molar refractivity (Wildman–Crippen MR) is 127 cm³/mol. The molecule has 0 fully saturated rings. The van der Waals surface area contributed by atoms with Crippen molar-refractivity contribution in [1.82, 2.24) is 4.57 Å². The second-order valence-corrected chi connectivity index (χ2v) is 9.19. The highest BCUT2D eigenvalue weighted by molar-refractivity contribution is 7.21. The second-order valence-electron chi connectivity index (χ2n) is 6.76. The van der Waals surface area contributed by atoms with Crippen LogP contribution in [0.15, 0.2) is 47.5 Å². The van der Waals surface area contributed by atoms with E-state index >= 15 is 0 Å². The molecule has 160 valence electrons. The fraction of sp³-hybridized carbons (Fsp3) is 0.227. The number of fused-ring (bicyclic) bond motifs is 2. The molecule has 0 atom stereocenters. The Morgan fingerprint density at radius 1 is 1.16 bits per heavy atom.